The standard InChI is InChI=1S/C25H23F3N2/c1-17(14-18(2)26)20-9-11-22(12-10-20)25(21-6-4-3-5-7-21)30-29-16-19-8-13-23(27)24(28)15-19/h3-13,15-18H,14H2,1-2H3. The van der Waals surface area contributed by atoms with Gasteiger partial charge in [0.15, 0.2) is 11.6 Å². The maximum Gasteiger partial charge on any atom is 0.159 e. The van der Waals surface area contributed by atoms with Gasteiger partial charge in [-0.2, -0.15) is 5.10 Å². The lowest BCUT2D eigenvalue weighted by atomic mass is 9.93. The van der Waals surface area contributed by atoms with Crippen molar-refractivity contribution in [2.45, 2.75) is 32.4 Å². The molecule has 0 aliphatic rings. The largest absolute Gasteiger partial charge is 0.248 e. The van der Waals surface area contributed by atoms with Crippen LogP contribution in [0.2, 0.25) is 0 Å². The van der Waals surface area contributed by atoms with Crippen LogP contribution >= 0.6 is 0 Å². The van der Waals surface area contributed by atoms with Crippen LogP contribution in [0.1, 0.15) is 48.4 Å². The molecule has 0 bridgehead atoms. The summed E-state index contributed by atoms with van der Waals surface area (Å²) in [6.45, 7) is 3.57. The third kappa shape index (κ3) is 5.66. The lowest BCUT2D eigenvalue weighted by Crippen LogP contribution is -2.05. The number of nitrogens with zero attached hydrogens (tertiary/aromatic N) is 2. The van der Waals surface area contributed by atoms with Gasteiger partial charge in [-0.15, -0.1) is 5.10 Å². The van der Waals surface area contributed by atoms with Gasteiger partial charge >= 0.3 is 0 Å². The Kier molecular flexibility index (Phi) is 7.17. The maximum absolute atomic E-state index is 13.4. The first-order chi connectivity index (χ1) is 14.4. The van der Waals surface area contributed by atoms with Crippen molar-refractivity contribution in [2.75, 3.05) is 0 Å². The zero-order chi connectivity index (χ0) is 21.5. The second kappa shape index (κ2) is 10.0. The number of halogens is 3. The van der Waals surface area contributed by atoms with Crippen molar-refractivity contribution in [1.29, 1.82) is 0 Å². The summed E-state index contributed by atoms with van der Waals surface area (Å²) in [6, 6.07) is 20.9. The molecule has 0 saturated heterocycles. The van der Waals surface area contributed by atoms with Gasteiger partial charge in [-0.1, -0.05) is 67.6 Å². The molecule has 30 heavy (non-hydrogen) atoms. The highest BCUT2D eigenvalue weighted by Crippen LogP contribution is 2.23. The van der Waals surface area contributed by atoms with Crippen molar-refractivity contribution in [3.8, 4) is 0 Å². The normalized spacial score (nSPS) is 14.1. The minimum Gasteiger partial charge on any atom is -0.248 e. The fourth-order valence-electron chi connectivity index (χ4n) is 3.22. The summed E-state index contributed by atoms with van der Waals surface area (Å²) in [7, 11) is 0. The molecule has 0 N–H and O–H groups in total. The highest BCUT2D eigenvalue weighted by molar-refractivity contribution is 6.13. The van der Waals surface area contributed by atoms with Crippen LogP contribution in [0.3, 0.4) is 0 Å². The molecule has 5 heteroatoms. The Morgan fingerprint density at radius 1 is 0.867 bits per heavy atom. The van der Waals surface area contributed by atoms with Crippen LogP contribution in [0.25, 0.3) is 0 Å². The molecular formula is C25H23F3N2. The number of hydrogen-bond acceptors (Lipinski definition) is 2. The average molecular weight is 408 g/mol. The molecule has 3 aromatic carbocycles. The van der Waals surface area contributed by atoms with Gasteiger partial charge < -0.3 is 0 Å². The number of benzene rings is 3. The molecule has 2 nitrogen and oxygen atoms in total. The van der Waals surface area contributed by atoms with Crippen molar-refractivity contribution in [3.05, 3.63) is 107 Å². The molecule has 0 heterocycles. The van der Waals surface area contributed by atoms with Crippen molar-refractivity contribution < 1.29 is 13.2 Å². The quantitative estimate of drug-likeness (QED) is 0.307. The summed E-state index contributed by atoms with van der Waals surface area (Å²) in [5.41, 5.74) is 3.84. The first-order valence-corrected chi connectivity index (χ1v) is 9.80. The van der Waals surface area contributed by atoms with E-state index < -0.39 is 17.8 Å². The molecular weight excluding hydrogens is 385 g/mol. The predicted octanol–water partition coefficient (Wildman–Crippen LogP) is 6.69. The Bertz CT molecular complexity index is 1030. The van der Waals surface area contributed by atoms with E-state index in [0.717, 1.165) is 28.8 Å². The second-order valence-corrected chi connectivity index (χ2v) is 7.27. The molecule has 2 atom stereocenters. The van der Waals surface area contributed by atoms with Gasteiger partial charge in [-0.05, 0) is 42.5 Å². The van der Waals surface area contributed by atoms with E-state index in [9.17, 15) is 13.2 Å². The van der Waals surface area contributed by atoms with Gasteiger partial charge in [0.2, 0.25) is 0 Å². The van der Waals surface area contributed by atoms with Crippen LogP contribution in [0.5, 0.6) is 0 Å². The highest BCUT2D eigenvalue weighted by atomic mass is 19.2. The minimum absolute atomic E-state index is 0.113. The van der Waals surface area contributed by atoms with E-state index in [1.54, 1.807) is 6.92 Å². The first kappa shape index (κ1) is 21.5. The molecule has 0 saturated carbocycles. The smallest absolute Gasteiger partial charge is 0.159 e. The zero-order valence-electron chi connectivity index (χ0n) is 16.9. The molecule has 2 unspecified atom stereocenters. The van der Waals surface area contributed by atoms with Gasteiger partial charge in [0.05, 0.1) is 12.4 Å². The van der Waals surface area contributed by atoms with Crippen LogP contribution in [0.4, 0.5) is 13.2 Å². The third-order valence-electron chi connectivity index (χ3n) is 4.79. The summed E-state index contributed by atoms with van der Waals surface area (Å²) in [4.78, 5) is 0. The Labute approximate surface area is 174 Å². The molecule has 154 valence electrons. The number of hydrogen-bond donors (Lipinski definition) is 0. The summed E-state index contributed by atoms with van der Waals surface area (Å²) < 4.78 is 39.8. The minimum atomic E-state index is -0.932. The summed E-state index contributed by atoms with van der Waals surface area (Å²) in [5, 5.41) is 8.43. The van der Waals surface area contributed by atoms with E-state index in [1.807, 2.05) is 61.5 Å². The van der Waals surface area contributed by atoms with E-state index >= 15 is 0 Å². The summed E-state index contributed by atoms with van der Waals surface area (Å²) >= 11 is 0. The predicted molar refractivity (Wildman–Crippen MR) is 116 cm³/mol. The van der Waals surface area contributed by atoms with Crippen molar-refractivity contribution in [2.24, 2.45) is 10.2 Å². The van der Waals surface area contributed by atoms with Crippen molar-refractivity contribution >= 4 is 11.9 Å². The topological polar surface area (TPSA) is 24.7 Å². The third-order valence-corrected chi connectivity index (χ3v) is 4.79. The number of alkyl halides is 1. The lowest BCUT2D eigenvalue weighted by molar-refractivity contribution is 0.324. The van der Waals surface area contributed by atoms with Gasteiger partial charge in [0.25, 0.3) is 0 Å². The Hall–Kier alpha value is -3.21. The van der Waals surface area contributed by atoms with E-state index in [0.29, 0.717) is 17.7 Å². The summed E-state index contributed by atoms with van der Waals surface area (Å²) in [6.07, 6.45) is 0.994. The van der Waals surface area contributed by atoms with Crippen LogP contribution in [0, 0.1) is 11.6 Å². The van der Waals surface area contributed by atoms with Crippen LogP contribution < -0.4 is 0 Å². The van der Waals surface area contributed by atoms with Crippen LogP contribution in [-0.4, -0.2) is 18.1 Å². The molecule has 0 spiro atoms. The highest BCUT2D eigenvalue weighted by Gasteiger charge is 2.12. The molecule has 0 aliphatic carbocycles. The van der Waals surface area contributed by atoms with E-state index in [4.69, 9.17) is 0 Å². The number of rotatable bonds is 7. The van der Waals surface area contributed by atoms with Gasteiger partial charge in [0, 0.05) is 11.1 Å². The first-order valence-electron chi connectivity index (χ1n) is 9.80. The Morgan fingerprint density at radius 2 is 1.53 bits per heavy atom. The lowest BCUT2D eigenvalue weighted by Gasteiger charge is -2.13. The van der Waals surface area contributed by atoms with E-state index in [1.165, 1.54) is 12.3 Å². The van der Waals surface area contributed by atoms with Crippen LogP contribution in [-0.2, 0) is 0 Å². The van der Waals surface area contributed by atoms with Crippen molar-refractivity contribution in [1.82, 2.24) is 0 Å². The summed E-state index contributed by atoms with van der Waals surface area (Å²) in [5.74, 6) is -1.72. The Balaban J connectivity index is 1.90. The molecule has 0 amide bonds. The molecule has 3 rings (SSSR count). The van der Waals surface area contributed by atoms with E-state index in [-0.39, 0.29) is 5.92 Å². The SMILES string of the molecule is CC(F)CC(C)c1ccc(C(=NN=Cc2ccc(F)c(F)c2)c2ccccc2)cc1. The molecule has 0 aliphatic heterocycles. The average Bonchev–Trinajstić information content (AvgIpc) is 2.74. The maximum atomic E-state index is 13.4. The fourth-order valence-corrected chi connectivity index (χ4v) is 3.22. The molecule has 0 fully saturated rings. The second-order valence-electron chi connectivity index (χ2n) is 7.27. The van der Waals surface area contributed by atoms with E-state index in [2.05, 4.69) is 10.2 Å². The van der Waals surface area contributed by atoms with Gasteiger partial charge in [-0.25, -0.2) is 13.2 Å². The molecule has 0 radical (unpaired) electrons. The molecule has 0 aromatic heterocycles. The Morgan fingerprint density at radius 3 is 2.17 bits per heavy atom. The van der Waals surface area contributed by atoms with Crippen LogP contribution in [0.15, 0.2) is 83.0 Å². The molecule has 3 aromatic rings. The van der Waals surface area contributed by atoms with Gasteiger partial charge in [0.1, 0.15) is 5.71 Å². The van der Waals surface area contributed by atoms with Crippen molar-refractivity contribution in [3.63, 3.8) is 0 Å². The zero-order valence-corrected chi connectivity index (χ0v) is 16.9. The van der Waals surface area contributed by atoms with Gasteiger partial charge in [-0.3, -0.25) is 0 Å². The fraction of sp³-hybridized carbons (Fsp3) is 0.200. The monoisotopic (exact) mass is 408 g/mol.